The van der Waals surface area contributed by atoms with E-state index in [1.54, 1.807) is 6.08 Å². The van der Waals surface area contributed by atoms with Crippen molar-refractivity contribution in [2.24, 2.45) is 0 Å². The highest BCUT2D eigenvalue weighted by atomic mass is 16.5. The lowest BCUT2D eigenvalue weighted by molar-refractivity contribution is 0.363. The molecule has 0 radical (unpaired) electrons. The van der Waals surface area contributed by atoms with Gasteiger partial charge in [-0.2, -0.15) is 0 Å². The highest BCUT2D eigenvalue weighted by Gasteiger charge is 1.91. The van der Waals surface area contributed by atoms with E-state index in [1.807, 2.05) is 12.1 Å². The van der Waals surface area contributed by atoms with Crippen molar-refractivity contribution in [3.05, 3.63) is 48.6 Å². The Labute approximate surface area is 104 Å². The zero-order chi connectivity index (χ0) is 12.3. The van der Waals surface area contributed by atoms with Crippen LogP contribution in [-0.4, -0.2) is 19.7 Å². The summed E-state index contributed by atoms with van der Waals surface area (Å²) in [5, 5.41) is 3.32. The summed E-state index contributed by atoms with van der Waals surface area (Å²) in [6.07, 6.45) is 7.16. The summed E-state index contributed by atoms with van der Waals surface area (Å²) in [5.41, 5.74) is 1.19. The second-order valence-electron chi connectivity index (χ2n) is 3.78. The molecule has 17 heavy (non-hydrogen) atoms. The van der Waals surface area contributed by atoms with Crippen molar-refractivity contribution in [2.45, 2.75) is 13.3 Å². The molecule has 0 saturated carbocycles. The minimum atomic E-state index is 0.552. The molecule has 0 aromatic heterocycles. The summed E-state index contributed by atoms with van der Waals surface area (Å²) in [4.78, 5) is 0. The van der Waals surface area contributed by atoms with E-state index in [0.29, 0.717) is 6.61 Å². The van der Waals surface area contributed by atoms with Crippen LogP contribution in [0.3, 0.4) is 0 Å². The largest absolute Gasteiger partial charge is 0.490 e. The fraction of sp³-hybridized carbons (Fsp3) is 0.333. The van der Waals surface area contributed by atoms with E-state index in [0.717, 1.165) is 18.8 Å². The molecule has 0 atom stereocenters. The maximum Gasteiger partial charge on any atom is 0.119 e. The topological polar surface area (TPSA) is 21.3 Å². The van der Waals surface area contributed by atoms with Crippen LogP contribution in [0.2, 0.25) is 0 Å². The van der Waals surface area contributed by atoms with Gasteiger partial charge in [0.1, 0.15) is 12.4 Å². The van der Waals surface area contributed by atoms with Gasteiger partial charge in [0.25, 0.3) is 0 Å². The minimum Gasteiger partial charge on any atom is -0.490 e. The van der Waals surface area contributed by atoms with Gasteiger partial charge in [-0.05, 0) is 30.7 Å². The van der Waals surface area contributed by atoms with E-state index in [1.165, 1.54) is 12.0 Å². The average molecular weight is 231 g/mol. The van der Waals surface area contributed by atoms with Gasteiger partial charge in [0.15, 0.2) is 0 Å². The molecule has 0 spiro atoms. The molecule has 0 unspecified atom stereocenters. The summed E-state index contributed by atoms with van der Waals surface area (Å²) in [7, 11) is 0. The molecule has 0 fully saturated rings. The Bertz CT molecular complexity index is 340. The normalized spacial score (nSPS) is 10.6. The Kier molecular flexibility index (Phi) is 6.84. The lowest BCUT2D eigenvalue weighted by atomic mass is 10.2. The summed E-state index contributed by atoms with van der Waals surface area (Å²) in [5.74, 6) is 0.881. The lowest BCUT2D eigenvalue weighted by Crippen LogP contribution is -2.13. The van der Waals surface area contributed by atoms with Gasteiger partial charge in [0, 0.05) is 6.54 Å². The van der Waals surface area contributed by atoms with Crippen LogP contribution in [0, 0.1) is 0 Å². The first-order chi connectivity index (χ1) is 8.36. The molecule has 0 aliphatic carbocycles. The first kappa shape index (κ1) is 13.5. The third kappa shape index (κ3) is 5.93. The molecule has 0 heterocycles. The second-order valence-corrected chi connectivity index (χ2v) is 3.78. The molecule has 2 heteroatoms. The van der Waals surface area contributed by atoms with Crippen molar-refractivity contribution < 1.29 is 4.74 Å². The van der Waals surface area contributed by atoms with E-state index in [9.17, 15) is 0 Å². The van der Waals surface area contributed by atoms with Crippen LogP contribution in [-0.2, 0) is 0 Å². The number of nitrogens with one attached hydrogen (secondary N) is 1. The van der Waals surface area contributed by atoms with Gasteiger partial charge in [-0.1, -0.05) is 43.9 Å². The van der Waals surface area contributed by atoms with Crippen LogP contribution < -0.4 is 10.1 Å². The van der Waals surface area contributed by atoms with E-state index in [-0.39, 0.29) is 0 Å². The zero-order valence-electron chi connectivity index (χ0n) is 10.5. The maximum atomic E-state index is 5.41. The Hall–Kier alpha value is -1.54. The van der Waals surface area contributed by atoms with Gasteiger partial charge in [-0.15, -0.1) is 0 Å². The molecule has 0 amide bonds. The molecule has 0 aliphatic heterocycles. The number of hydrogen-bond acceptors (Lipinski definition) is 2. The van der Waals surface area contributed by atoms with Gasteiger partial charge in [0.2, 0.25) is 0 Å². The fourth-order valence-corrected chi connectivity index (χ4v) is 1.39. The number of benzene rings is 1. The summed E-state index contributed by atoms with van der Waals surface area (Å²) >= 11 is 0. The third-order valence-corrected chi connectivity index (χ3v) is 2.25. The summed E-state index contributed by atoms with van der Waals surface area (Å²) in [6.45, 7) is 8.32. The second kappa shape index (κ2) is 8.59. The monoisotopic (exact) mass is 231 g/mol. The standard InChI is InChI=1S/C15H21NO/c1-3-11-16-12-5-6-14-7-9-15(10-8-14)17-13-4-2/h4-10,16H,2-3,11-13H2,1H3. The van der Waals surface area contributed by atoms with E-state index < -0.39 is 0 Å². The van der Waals surface area contributed by atoms with Crippen molar-refractivity contribution in [2.75, 3.05) is 19.7 Å². The van der Waals surface area contributed by atoms with Gasteiger partial charge in [-0.25, -0.2) is 0 Å². The number of ether oxygens (including phenoxy) is 1. The van der Waals surface area contributed by atoms with Crippen molar-refractivity contribution in [1.82, 2.24) is 5.32 Å². The average Bonchev–Trinajstić information content (AvgIpc) is 2.37. The maximum absolute atomic E-state index is 5.41. The van der Waals surface area contributed by atoms with Crippen LogP contribution in [0.5, 0.6) is 5.75 Å². The van der Waals surface area contributed by atoms with E-state index in [4.69, 9.17) is 4.74 Å². The number of hydrogen-bond donors (Lipinski definition) is 1. The molecule has 1 aromatic carbocycles. The Morgan fingerprint density at radius 1 is 1.29 bits per heavy atom. The molecule has 1 N–H and O–H groups in total. The van der Waals surface area contributed by atoms with Crippen LogP contribution in [0.4, 0.5) is 0 Å². The van der Waals surface area contributed by atoms with E-state index >= 15 is 0 Å². The number of rotatable bonds is 8. The first-order valence-corrected chi connectivity index (χ1v) is 6.08. The third-order valence-electron chi connectivity index (χ3n) is 2.25. The Morgan fingerprint density at radius 3 is 2.71 bits per heavy atom. The smallest absolute Gasteiger partial charge is 0.119 e. The molecule has 0 aliphatic rings. The van der Waals surface area contributed by atoms with Crippen molar-refractivity contribution in [1.29, 1.82) is 0 Å². The van der Waals surface area contributed by atoms with Gasteiger partial charge in [-0.3, -0.25) is 0 Å². The molecule has 1 rings (SSSR count). The van der Waals surface area contributed by atoms with Crippen LogP contribution in [0.15, 0.2) is 43.0 Å². The molecular weight excluding hydrogens is 210 g/mol. The predicted octanol–water partition coefficient (Wildman–Crippen LogP) is 3.26. The SMILES string of the molecule is C=CCOc1ccc(C=CCNCCC)cc1. The minimum absolute atomic E-state index is 0.552. The molecule has 1 aromatic rings. The summed E-state index contributed by atoms with van der Waals surface area (Å²) in [6, 6.07) is 8.05. The van der Waals surface area contributed by atoms with Crippen LogP contribution >= 0.6 is 0 Å². The highest BCUT2D eigenvalue weighted by Crippen LogP contribution is 2.12. The van der Waals surface area contributed by atoms with Gasteiger partial charge < -0.3 is 10.1 Å². The predicted molar refractivity (Wildman–Crippen MR) is 74.3 cm³/mol. The molecular formula is C15H21NO. The molecule has 0 saturated heterocycles. The molecule has 2 nitrogen and oxygen atoms in total. The van der Waals surface area contributed by atoms with Gasteiger partial charge in [0.05, 0.1) is 0 Å². The Morgan fingerprint density at radius 2 is 2.06 bits per heavy atom. The van der Waals surface area contributed by atoms with Crippen molar-refractivity contribution in [3.8, 4) is 5.75 Å². The molecule has 0 bridgehead atoms. The van der Waals surface area contributed by atoms with Crippen molar-refractivity contribution in [3.63, 3.8) is 0 Å². The summed E-state index contributed by atoms with van der Waals surface area (Å²) < 4.78 is 5.41. The Balaban J connectivity index is 2.36. The molecule has 92 valence electrons. The highest BCUT2D eigenvalue weighted by molar-refractivity contribution is 5.50. The first-order valence-electron chi connectivity index (χ1n) is 6.08. The fourth-order valence-electron chi connectivity index (χ4n) is 1.39. The zero-order valence-corrected chi connectivity index (χ0v) is 10.5. The lowest BCUT2D eigenvalue weighted by Gasteiger charge is -2.02. The van der Waals surface area contributed by atoms with Gasteiger partial charge >= 0.3 is 0 Å². The van der Waals surface area contributed by atoms with Crippen LogP contribution in [0.25, 0.3) is 6.08 Å². The van der Waals surface area contributed by atoms with Crippen LogP contribution in [0.1, 0.15) is 18.9 Å². The quantitative estimate of drug-likeness (QED) is 0.547. The van der Waals surface area contributed by atoms with Crippen molar-refractivity contribution >= 4 is 6.08 Å². The van der Waals surface area contributed by atoms with E-state index in [2.05, 4.69) is 43.1 Å².